The molecule has 2 aromatic rings. The monoisotopic (exact) mass is 596 g/mol. The van der Waals surface area contributed by atoms with Crippen molar-refractivity contribution in [1.29, 1.82) is 0 Å². The van der Waals surface area contributed by atoms with Crippen LogP contribution < -0.4 is 5.32 Å². The molecule has 0 unspecified atom stereocenters. The minimum atomic E-state index is -4.04. The molecule has 0 saturated carbocycles. The zero-order valence-electron chi connectivity index (χ0n) is 16.1. The van der Waals surface area contributed by atoms with E-state index < -0.39 is 34.0 Å². The third-order valence-corrected chi connectivity index (χ3v) is 7.96. The second-order valence-electron chi connectivity index (χ2n) is 7.11. The van der Waals surface area contributed by atoms with Crippen LogP contribution >= 0.6 is 45.8 Å². The first kappa shape index (κ1) is 24.2. The molecule has 0 bridgehead atoms. The SMILES string of the molecule is O=C(O)[C@H](Cc1ccc(I)cc1)NC(=O)[C@@H]1CCCN1S(=O)(=O)c1cc(Cl)cc(Cl)c1. The molecule has 2 atom stereocenters. The Balaban J connectivity index is 1.79. The van der Waals surface area contributed by atoms with Crippen LogP contribution in [0.4, 0.5) is 0 Å². The summed E-state index contributed by atoms with van der Waals surface area (Å²) in [6.07, 6.45) is 0.844. The largest absolute Gasteiger partial charge is 0.480 e. The number of carbonyl (C=O) groups is 2. The molecule has 7 nitrogen and oxygen atoms in total. The summed E-state index contributed by atoms with van der Waals surface area (Å²) in [6.45, 7) is 0.138. The van der Waals surface area contributed by atoms with E-state index in [1.54, 1.807) is 12.1 Å². The highest BCUT2D eigenvalue weighted by Gasteiger charge is 2.40. The lowest BCUT2D eigenvalue weighted by Gasteiger charge is -2.25. The van der Waals surface area contributed by atoms with Crippen molar-refractivity contribution < 1.29 is 23.1 Å². The number of carboxylic acids is 1. The molecule has 1 aliphatic heterocycles. The van der Waals surface area contributed by atoms with Crippen molar-refractivity contribution in [2.45, 2.75) is 36.2 Å². The number of hydrogen-bond donors (Lipinski definition) is 2. The highest BCUT2D eigenvalue weighted by atomic mass is 127. The molecule has 0 aliphatic carbocycles. The molecule has 166 valence electrons. The van der Waals surface area contributed by atoms with Gasteiger partial charge in [0, 0.05) is 26.6 Å². The Morgan fingerprint density at radius 1 is 1.16 bits per heavy atom. The third-order valence-electron chi connectivity index (χ3n) is 4.92. The fourth-order valence-corrected chi connectivity index (χ4v) is 6.17. The lowest BCUT2D eigenvalue weighted by Crippen LogP contribution is -2.51. The van der Waals surface area contributed by atoms with Gasteiger partial charge in [-0.25, -0.2) is 13.2 Å². The first-order chi connectivity index (χ1) is 14.6. The Kier molecular flexibility index (Phi) is 7.85. The number of amides is 1. The lowest BCUT2D eigenvalue weighted by atomic mass is 10.1. The molecule has 0 aromatic heterocycles. The zero-order chi connectivity index (χ0) is 22.8. The topological polar surface area (TPSA) is 104 Å². The summed E-state index contributed by atoms with van der Waals surface area (Å²) >= 11 is 14.0. The predicted octanol–water partition coefficient (Wildman–Crippen LogP) is 3.56. The smallest absolute Gasteiger partial charge is 0.326 e. The summed E-state index contributed by atoms with van der Waals surface area (Å²) < 4.78 is 28.3. The number of halogens is 3. The van der Waals surface area contributed by atoms with Crippen LogP contribution in [0, 0.1) is 3.57 Å². The van der Waals surface area contributed by atoms with Crippen LogP contribution in [-0.4, -0.2) is 48.3 Å². The molecule has 31 heavy (non-hydrogen) atoms. The Morgan fingerprint density at radius 3 is 2.35 bits per heavy atom. The average Bonchev–Trinajstić information content (AvgIpc) is 3.19. The van der Waals surface area contributed by atoms with E-state index >= 15 is 0 Å². The van der Waals surface area contributed by atoms with Crippen LogP contribution in [0.25, 0.3) is 0 Å². The van der Waals surface area contributed by atoms with Gasteiger partial charge in [0.2, 0.25) is 15.9 Å². The van der Waals surface area contributed by atoms with E-state index in [9.17, 15) is 23.1 Å². The highest BCUT2D eigenvalue weighted by Crippen LogP contribution is 2.30. The Labute approximate surface area is 203 Å². The summed E-state index contributed by atoms with van der Waals surface area (Å²) in [5.74, 6) is -1.84. The van der Waals surface area contributed by atoms with E-state index in [2.05, 4.69) is 27.9 Å². The standard InChI is InChI=1S/C20H19Cl2IN2O5S/c21-13-9-14(22)11-16(10-13)31(29,30)25-7-1-2-18(25)19(26)24-17(20(27)28)8-12-3-5-15(23)6-4-12/h3-6,9-11,17-18H,1-2,7-8H2,(H,24,26)(H,27,28)/t17-,18-/m0/s1. The van der Waals surface area contributed by atoms with Crippen LogP contribution in [0.1, 0.15) is 18.4 Å². The minimum Gasteiger partial charge on any atom is -0.480 e. The molecule has 3 rings (SSSR count). The first-order valence-corrected chi connectivity index (χ1v) is 12.6. The number of rotatable bonds is 7. The molecular formula is C20H19Cl2IN2O5S. The number of carboxylic acid groups (broad SMARTS) is 1. The maximum absolute atomic E-state index is 13.1. The number of hydrogen-bond acceptors (Lipinski definition) is 4. The number of nitrogens with one attached hydrogen (secondary N) is 1. The Hall–Kier alpha value is -1.40. The lowest BCUT2D eigenvalue weighted by molar-refractivity contribution is -0.142. The second kappa shape index (κ2) is 10.0. The van der Waals surface area contributed by atoms with E-state index in [1.807, 2.05) is 12.1 Å². The fraction of sp³-hybridized carbons (Fsp3) is 0.300. The van der Waals surface area contributed by atoms with Crippen molar-refractivity contribution in [3.63, 3.8) is 0 Å². The molecule has 11 heteroatoms. The van der Waals surface area contributed by atoms with Gasteiger partial charge >= 0.3 is 5.97 Å². The molecule has 0 spiro atoms. The molecule has 1 aliphatic rings. The van der Waals surface area contributed by atoms with Crippen molar-refractivity contribution in [2.24, 2.45) is 0 Å². The Bertz CT molecular complexity index is 1070. The van der Waals surface area contributed by atoms with Crippen LogP contribution in [0.15, 0.2) is 47.4 Å². The summed E-state index contributed by atoms with van der Waals surface area (Å²) in [5.41, 5.74) is 0.748. The summed E-state index contributed by atoms with van der Waals surface area (Å²) in [7, 11) is -4.04. The maximum atomic E-state index is 13.1. The van der Waals surface area contributed by atoms with Gasteiger partial charge in [0.1, 0.15) is 12.1 Å². The van der Waals surface area contributed by atoms with Gasteiger partial charge in [0.25, 0.3) is 0 Å². The molecule has 2 N–H and O–H groups in total. The summed E-state index contributed by atoms with van der Waals surface area (Å²) in [4.78, 5) is 24.5. The van der Waals surface area contributed by atoms with Crippen LogP contribution in [0.2, 0.25) is 10.0 Å². The van der Waals surface area contributed by atoms with Gasteiger partial charge < -0.3 is 10.4 Å². The van der Waals surface area contributed by atoms with Crippen molar-refractivity contribution in [1.82, 2.24) is 9.62 Å². The first-order valence-electron chi connectivity index (χ1n) is 9.33. The molecule has 1 amide bonds. The molecule has 1 heterocycles. The number of nitrogens with zero attached hydrogens (tertiary/aromatic N) is 1. The van der Waals surface area contributed by atoms with E-state index in [4.69, 9.17) is 23.2 Å². The van der Waals surface area contributed by atoms with Crippen molar-refractivity contribution in [3.05, 3.63) is 61.6 Å². The van der Waals surface area contributed by atoms with Crippen LogP contribution in [0.5, 0.6) is 0 Å². The van der Waals surface area contributed by atoms with Gasteiger partial charge in [0.05, 0.1) is 4.90 Å². The maximum Gasteiger partial charge on any atom is 0.326 e. The van der Waals surface area contributed by atoms with E-state index in [1.165, 1.54) is 18.2 Å². The number of aliphatic carboxylic acids is 1. The van der Waals surface area contributed by atoms with E-state index in [-0.39, 0.29) is 34.3 Å². The quantitative estimate of drug-likeness (QED) is 0.476. The number of sulfonamides is 1. The van der Waals surface area contributed by atoms with Gasteiger partial charge in [0.15, 0.2) is 0 Å². The molecule has 0 radical (unpaired) electrons. The molecule has 2 aromatic carbocycles. The predicted molar refractivity (Wildman–Crippen MR) is 126 cm³/mol. The molecule has 1 saturated heterocycles. The van der Waals surface area contributed by atoms with Gasteiger partial charge in [-0.3, -0.25) is 4.79 Å². The van der Waals surface area contributed by atoms with Gasteiger partial charge in [-0.2, -0.15) is 4.31 Å². The molecule has 1 fully saturated rings. The second-order valence-corrected chi connectivity index (χ2v) is 11.1. The number of carbonyl (C=O) groups excluding carboxylic acids is 1. The average molecular weight is 597 g/mol. The van der Waals surface area contributed by atoms with Crippen molar-refractivity contribution in [3.8, 4) is 0 Å². The summed E-state index contributed by atoms with van der Waals surface area (Å²) in [6, 6.07) is 9.03. The van der Waals surface area contributed by atoms with Gasteiger partial charge in [-0.05, 0) is 71.3 Å². The van der Waals surface area contributed by atoms with Crippen LogP contribution in [0.3, 0.4) is 0 Å². The minimum absolute atomic E-state index is 0.0847. The Morgan fingerprint density at radius 2 is 1.77 bits per heavy atom. The van der Waals surface area contributed by atoms with Gasteiger partial charge in [-0.1, -0.05) is 35.3 Å². The van der Waals surface area contributed by atoms with E-state index in [0.717, 1.165) is 13.4 Å². The summed E-state index contributed by atoms with van der Waals surface area (Å²) in [5, 5.41) is 12.4. The normalized spacial score (nSPS) is 18.0. The van der Waals surface area contributed by atoms with E-state index in [0.29, 0.717) is 6.42 Å². The highest BCUT2D eigenvalue weighted by molar-refractivity contribution is 14.1. The molecular weight excluding hydrogens is 578 g/mol. The van der Waals surface area contributed by atoms with Crippen LogP contribution in [-0.2, 0) is 26.0 Å². The van der Waals surface area contributed by atoms with Crippen molar-refractivity contribution in [2.75, 3.05) is 6.54 Å². The zero-order valence-corrected chi connectivity index (χ0v) is 20.6. The third kappa shape index (κ3) is 5.89. The van der Waals surface area contributed by atoms with Crippen molar-refractivity contribution >= 4 is 67.7 Å². The van der Waals surface area contributed by atoms with Gasteiger partial charge in [-0.15, -0.1) is 0 Å². The fourth-order valence-electron chi connectivity index (χ4n) is 3.43. The number of benzene rings is 2.